The van der Waals surface area contributed by atoms with E-state index in [2.05, 4.69) is 17.0 Å². The molecule has 0 fully saturated rings. The molecule has 0 bridgehead atoms. The molecule has 1 aromatic carbocycles. The van der Waals surface area contributed by atoms with Gasteiger partial charge in [-0.15, -0.1) is 0 Å². The van der Waals surface area contributed by atoms with Gasteiger partial charge in [-0.25, -0.2) is 0 Å². The minimum Gasteiger partial charge on any atom is -0.491 e. The molecular formula is C12H14N2O2. The number of benzene rings is 1. The van der Waals surface area contributed by atoms with Crippen molar-refractivity contribution in [2.75, 3.05) is 24.6 Å². The Kier molecular flexibility index (Phi) is 2.20. The van der Waals surface area contributed by atoms with E-state index in [1.54, 1.807) is 0 Å². The summed E-state index contributed by atoms with van der Waals surface area (Å²) < 4.78 is 11.0. The third-order valence-electron chi connectivity index (χ3n) is 2.85. The predicted octanol–water partition coefficient (Wildman–Crippen LogP) is 2.44. The lowest BCUT2D eigenvalue weighted by Crippen LogP contribution is -2.28. The lowest BCUT2D eigenvalue weighted by atomic mass is 10.2. The number of ether oxygens (including phenoxy) is 1. The molecule has 2 aromatic rings. The Morgan fingerprint density at radius 3 is 3.25 bits per heavy atom. The highest BCUT2D eigenvalue weighted by Gasteiger charge is 2.21. The van der Waals surface area contributed by atoms with Crippen molar-refractivity contribution in [3.8, 4) is 5.75 Å². The van der Waals surface area contributed by atoms with Gasteiger partial charge in [0.1, 0.15) is 17.7 Å². The number of anilines is 1. The van der Waals surface area contributed by atoms with Crippen LogP contribution < -0.4 is 9.64 Å². The molecule has 0 unspecified atom stereocenters. The summed E-state index contributed by atoms with van der Waals surface area (Å²) >= 11 is 0. The Morgan fingerprint density at radius 2 is 2.38 bits per heavy atom. The molecule has 84 valence electrons. The van der Waals surface area contributed by atoms with Crippen molar-refractivity contribution in [2.45, 2.75) is 13.3 Å². The average molecular weight is 218 g/mol. The van der Waals surface area contributed by atoms with Gasteiger partial charge in [0.15, 0.2) is 11.4 Å². The Balaban J connectivity index is 2.18. The minimum atomic E-state index is 0.704. The maximum absolute atomic E-state index is 5.71. The monoisotopic (exact) mass is 218 g/mol. The normalized spacial score (nSPS) is 14.9. The molecule has 0 atom stereocenters. The van der Waals surface area contributed by atoms with Gasteiger partial charge in [-0.2, -0.15) is 0 Å². The number of hydrogen-bond acceptors (Lipinski definition) is 4. The van der Waals surface area contributed by atoms with Crippen molar-refractivity contribution in [3.05, 3.63) is 18.2 Å². The summed E-state index contributed by atoms with van der Waals surface area (Å²) in [6.45, 7) is 4.72. The van der Waals surface area contributed by atoms with Gasteiger partial charge < -0.3 is 14.2 Å². The largest absolute Gasteiger partial charge is 0.491 e. The predicted molar refractivity (Wildman–Crippen MR) is 62.0 cm³/mol. The second-order valence-electron chi connectivity index (χ2n) is 3.97. The highest BCUT2D eigenvalue weighted by Crippen LogP contribution is 2.35. The first-order chi connectivity index (χ1) is 7.90. The Morgan fingerprint density at radius 1 is 1.44 bits per heavy atom. The summed E-state index contributed by atoms with van der Waals surface area (Å²) in [6.07, 6.45) is 1.09. The highest BCUT2D eigenvalue weighted by molar-refractivity contribution is 5.94. The zero-order valence-corrected chi connectivity index (χ0v) is 9.27. The molecule has 0 N–H and O–H groups in total. The molecule has 0 spiro atoms. The van der Waals surface area contributed by atoms with Crippen LogP contribution in [0.2, 0.25) is 0 Å². The lowest BCUT2D eigenvalue weighted by Gasteiger charge is -2.18. The van der Waals surface area contributed by atoms with Crippen LogP contribution in [0.25, 0.3) is 11.0 Å². The fourth-order valence-electron chi connectivity index (χ4n) is 2.14. The molecule has 1 aliphatic heterocycles. The van der Waals surface area contributed by atoms with Crippen LogP contribution in [-0.2, 0) is 0 Å². The number of rotatable bonds is 2. The van der Waals surface area contributed by atoms with Gasteiger partial charge in [-0.3, -0.25) is 0 Å². The summed E-state index contributed by atoms with van der Waals surface area (Å²) in [5, 5.41) is 5.16. The van der Waals surface area contributed by atoms with Crippen LogP contribution >= 0.6 is 0 Å². The smallest absolute Gasteiger partial charge is 0.183 e. The zero-order valence-electron chi connectivity index (χ0n) is 9.27. The summed E-state index contributed by atoms with van der Waals surface area (Å²) in [7, 11) is 0. The minimum absolute atomic E-state index is 0.704. The van der Waals surface area contributed by atoms with Crippen LogP contribution in [0.4, 0.5) is 5.82 Å². The van der Waals surface area contributed by atoms with Gasteiger partial charge in [0, 0.05) is 6.54 Å². The Labute approximate surface area is 93.8 Å². The molecular weight excluding hydrogens is 204 g/mol. The molecule has 0 radical (unpaired) electrons. The van der Waals surface area contributed by atoms with Gasteiger partial charge in [0.05, 0.1) is 6.54 Å². The zero-order chi connectivity index (χ0) is 11.0. The molecule has 4 nitrogen and oxygen atoms in total. The SMILES string of the molecule is CCCN1CCOc2cccc3onc1c23. The first-order valence-corrected chi connectivity index (χ1v) is 5.66. The standard InChI is InChI=1S/C12H14N2O2/c1-2-6-14-7-8-15-9-4-3-5-10-11(9)12(14)13-16-10/h3-5H,2,6-8H2,1H3. The van der Waals surface area contributed by atoms with Gasteiger partial charge in [0.25, 0.3) is 0 Å². The Bertz CT molecular complexity index is 507. The van der Waals surface area contributed by atoms with Crippen molar-refractivity contribution in [1.29, 1.82) is 0 Å². The van der Waals surface area contributed by atoms with E-state index in [0.717, 1.165) is 42.0 Å². The van der Waals surface area contributed by atoms with Crippen LogP contribution in [0.1, 0.15) is 13.3 Å². The Hall–Kier alpha value is -1.71. The molecule has 3 rings (SSSR count). The van der Waals surface area contributed by atoms with E-state index >= 15 is 0 Å². The third kappa shape index (κ3) is 1.33. The average Bonchev–Trinajstić information content (AvgIpc) is 2.64. The van der Waals surface area contributed by atoms with E-state index in [1.807, 2.05) is 18.2 Å². The summed E-state index contributed by atoms with van der Waals surface area (Å²) in [6, 6.07) is 5.83. The second-order valence-corrected chi connectivity index (χ2v) is 3.97. The van der Waals surface area contributed by atoms with Crippen LogP contribution in [0.3, 0.4) is 0 Å². The van der Waals surface area contributed by atoms with Crippen LogP contribution in [0.5, 0.6) is 5.75 Å². The third-order valence-corrected chi connectivity index (χ3v) is 2.85. The lowest BCUT2D eigenvalue weighted by molar-refractivity contribution is 0.329. The van der Waals surface area contributed by atoms with E-state index in [1.165, 1.54) is 0 Å². The molecule has 0 saturated carbocycles. The molecule has 1 aromatic heterocycles. The van der Waals surface area contributed by atoms with E-state index in [0.29, 0.717) is 6.61 Å². The first-order valence-electron chi connectivity index (χ1n) is 5.66. The highest BCUT2D eigenvalue weighted by atomic mass is 16.5. The second kappa shape index (κ2) is 3.70. The maximum Gasteiger partial charge on any atom is 0.183 e. The fraction of sp³-hybridized carbons (Fsp3) is 0.417. The number of hydrogen-bond donors (Lipinski definition) is 0. The molecule has 2 heterocycles. The van der Waals surface area contributed by atoms with Gasteiger partial charge >= 0.3 is 0 Å². The molecule has 1 aliphatic rings. The molecule has 0 saturated heterocycles. The molecule has 16 heavy (non-hydrogen) atoms. The first kappa shape index (κ1) is 9.51. The summed E-state index contributed by atoms with van der Waals surface area (Å²) in [5.74, 6) is 1.80. The van der Waals surface area contributed by atoms with E-state index < -0.39 is 0 Å². The van der Waals surface area contributed by atoms with Gasteiger partial charge in [-0.05, 0) is 18.6 Å². The molecule has 0 amide bonds. The van der Waals surface area contributed by atoms with Crippen LogP contribution in [0.15, 0.2) is 22.7 Å². The van der Waals surface area contributed by atoms with Crippen molar-refractivity contribution in [2.24, 2.45) is 0 Å². The summed E-state index contributed by atoms with van der Waals surface area (Å²) in [4.78, 5) is 2.22. The topological polar surface area (TPSA) is 38.5 Å². The molecule has 4 heteroatoms. The number of aromatic nitrogens is 1. The van der Waals surface area contributed by atoms with Crippen molar-refractivity contribution in [3.63, 3.8) is 0 Å². The van der Waals surface area contributed by atoms with E-state index in [9.17, 15) is 0 Å². The fourth-order valence-corrected chi connectivity index (χ4v) is 2.14. The van der Waals surface area contributed by atoms with Crippen molar-refractivity contribution >= 4 is 16.8 Å². The molecule has 0 aliphatic carbocycles. The van der Waals surface area contributed by atoms with E-state index in [4.69, 9.17) is 9.26 Å². The summed E-state index contributed by atoms with van der Waals surface area (Å²) in [5.41, 5.74) is 0.801. The van der Waals surface area contributed by atoms with Crippen LogP contribution in [0, 0.1) is 0 Å². The number of nitrogens with zero attached hydrogens (tertiary/aromatic N) is 2. The maximum atomic E-state index is 5.71. The quantitative estimate of drug-likeness (QED) is 0.776. The van der Waals surface area contributed by atoms with Gasteiger partial charge in [0.2, 0.25) is 0 Å². The van der Waals surface area contributed by atoms with Crippen molar-refractivity contribution in [1.82, 2.24) is 5.16 Å². The van der Waals surface area contributed by atoms with E-state index in [-0.39, 0.29) is 0 Å². The van der Waals surface area contributed by atoms with Gasteiger partial charge in [-0.1, -0.05) is 18.1 Å². The van der Waals surface area contributed by atoms with Crippen molar-refractivity contribution < 1.29 is 9.26 Å². The van der Waals surface area contributed by atoms with Crippen LogP contribution in [-0.4, -0.2) is 24.9 Å².